The Labute approximate surface area is 144 Å². The molecule has 0 aliphatic heterocycles. The fraction of sp³-hybridized carbons (Fsp3) is 0. The molecule has 0 radical (unpaired) electrons. The summed E-state index contributed by atoms with van der Waals surface area (Å²) >= 11 is 0. The first-order valence-electron chi connectivity index (χ1n) is 7.45. The molecule has 25 heavy (non-hydrogen) atoms. The number of hydrogen-bond acceptors (Lipinski definition) is 5. The number of hydrogen-bond donors (Lipinski definition) is 3. The van der Waals surface area contributed by atoms with Gasteiger partial charge in [0.05, 0.1) is 17.4 Å². The van der Waals surface area contributed by atoms with E-state index in [1.54, 1.807) is 36.4 Å². The molecule has 3 aromatic rings. The molecule has 0 fully saturated rings. The Morgan fingerprint density at radius 1 is 0.840 bits per heavy atom. The third kappa shape index (κ3) is 4.53. The van der Waals surface area contributed by atoms with E-state index in [2.05, 4.69) is 25.9 Å². The maximum absolute atomic E-state index is 11.9. The average molecular weight is 330 g/mol. The summed E-state index contributed by atoms with van der Waals surface area (Å²) in [5, 5.41) is 17.2. The highest BCUT2D eigenvalue weighted by Gasteiger charge is 2.03. The second-order valence-electron chi connectivity index (χ2n) is 5.05. The molecule has 2 aromatic heterocycles. The summed E-state index contributed by atoms with van der Waals surface area (Å²) in [4.78, 5) is 20.2. The fourth-order valence-corrected chi connectivity index (χ4v) is 2.02. The van der Waals surface area contributed by atoms with Gasteiger partial charge in [-0.3, -0.25) is 0 Å². The van der Waals surface area contributed by atoms with Crippen molar-refractivity contribution in [1.82, 2.24) is 9.97 Å². The molecule has 0 aliphatic rings. The van der Waals surface area contributed by atoms with E-state index in [9.17, 15) is 4.79 Å². The molecule has 3 N–H and O–H groups in total. The third-order valence-electron chi connectivity index (χ3n) is 3.20. The van der Waals surface area contributed by atoms with Crippen LogP contribution in [0.4, 0.5) is 27.8 Å². The lowest BCUT2D eigenvalue weighted by Gasteiger charge is -2.08. The highest BCUT2D eigenvalue weighted by atomic mass is 16.2. The maximum atomic E-state index is 11.9. The number of nitrogens with zero attached hydrogens (tertiary/aromatic N) is 3. The SMILES string of the molecule is N#Cc1ccc(Nc2ccc(NC(=O)Nc3ccccc3)cn2)nc1. The molecule has 0 unspecified atom stereocenters. The van der Waals surface area contributed by atoms with Crippen LogP contribution in [0.1, 0.15) is 5.56 Å². The molecule has 122 valence electrons. The fourth-order valence-electron chi connectivity index (χ4n) is 2.02. The van der Waals surface area contributed by atoms with Crippen LogP contribution in [0.15, 0.2) is 67.0 Å². The zero-order valence-corrected chi connectivity index (χ0v) is 13.1. The number of carbonyl (C=O) groups excluding carboxylic acids is 1. The molecule has 0 saturated heterocycles. The Morgan fingerprint density at radius 3 is 2.12 bits per heavy atom. The lowest BCUT2D eigenvalue weighted by atomic mass is 10.3. The summed E-state index contributed by atoms with van der Waals surface area (Å²) in [5.74, 6) is 1.15. The molecule has 7 heteroatoms. The van der Waals surface area contributed by atoms with Crippen molar-refractivity contribution in [2.24, 2.45) is 0 Å². The van der Waals surface area contributed by atoms with Gasteiger partial charge in [0.15, 0.2) is 0 Å². The normalized spacial score (nSPS) is 9.72. The maximum Gasteiger partial charge on any atom is 0.323 e. The minimum atomic E-state index is -0.345. The first-order chi connectivity index (χ1) is 12.2. The van der Waals surface area contributed by atoms with Gasteiger partial charge in [-0.1, -0.05) is 18.2 Å². The number of aromatic nitrogens is 2. The summed E-state index contributed by atoms with van der Waals surface area (Å²) < 4.78 is 0. The van der Waals surface area contributed by atoms with E-state index in [-0.39, 0.29) is 6.03 Å². The largest absolute Gasteiger partial charge is 0.325 e. The van der Waals surface area contributed by atoms with Crippen molar-refractivity contribution in [3.8, 4) is 6.07 Å². The first kappa shape index (κ1) is 16.0. The van der Waals surface area contributed by atoms with Gasteiger partial charge in [-0.2, -0.15) is 5.26 Å². The van der Waals surface area contributed by atoms with E-state index in [0.29, 0.717) is 28.6 Å². The molecule has 0 saturated carbocycles. The number of anilines is 4. The molecule has 1 aromatic carbocycles. The molecule has 0 spiro atoms. The Bertz CT molecular complexity index is 886. The Kier molecular flexibility index (Phi) is 4.83. The number of nitriles is 1. The Morgan fingerprint density at radius 2 is 1.52 bits per heavy atom. The smallest absolute Gasteiger partial charge is 0.323 e. The van der Waals surface area contributed by atoms with Crippen LogP contribution in [0, 0.1) is 11.3 Å². The van der Waals surface area contributed by atoms with Crippen LogP contribution in [-0.4, -0.2) is 16.0 Å². The van der Waals surface area contributed by atoms with Gasteiger partial charge in [0, 0.05) is 11.9 Å². The molecule has 0 atom stereocenters. The first-order valence-corrected chi connectivity index (χ1v) is 7.45. The highest BCUT2D eigenvalue weighted by molar-refractivity contribution is 5.99. The summed E-state index contributed by atoms with van der Waals surface area (Å²) in [5.41, 5.74) is 1.76. The number of rotatable bonds is 4. The Hall–Kier alpha value is -3.92. The predicted octanol–water partition coefficient (Wildman–Crippen LogP) is 3.74. The second-order valence-corrected chi connectivity index (χ2v) is 5.05. The standard InChI is InChI=1S/C18H14N6O/c19-10-13-6-8-16(20-11-13)24-17-9-7-15(12-21-17)23-18(25)22-14-4-2-1-3-5-14/h1-9,11-12H,(H,20,21,24)(H2,22,23,25). The van der Waals surface area contributed by atoms with Crippen LogP contribution < -0.4 is 16.0 Å². The van der Waals surface area contributed by atoms with Crippen molar-refractivity contribution < 1.29 is 4.79 Å². The van der Waals surface area contributed by atoms with Crippen LogP contribution in [0.25, 0.3) is 0 Å². The highest BCUT2D eigenvalue weighted by Crippen LogP contribution is 2.15. The summed E-state index contributed by atoms with van der Waals surface area (Å²) in [6.45, 7) is 0. The molecular formula is C18H14N6O. The number of carbonyl (C=O) groups is 1. The van der Waals surface area contributed by atoms with Gasteiger partial charge in [-0.15, -0.1) is 0 Å². The van der Waals surface area contributed by atoms with E-state index < -0.39 is 0 Å². The van der Waals surface area contributed by atoms with Crippen LogP contribution in [0.3, 0.4) is 0 Å². The average Bonchev–Trinajstić information content (AvgIpc) is 2.65. The van der Waals surface area contributed by atoms with Crippen molar-refractivity contribution in [3.05, 3.63) is 72.6 Å². The van der Waals surface area contributed by atoms with E-state index >= 15 is 0 Å². The predicted molar refractivity (Wildman–Crippen MR) is 95.6 cm³/mol. The zero-order valence-electron chi connectivity index (χ0n) is 13.1. The van der Waals surface area contributed by atoms with Crippen LogP contribution >= 0.6 is 0 Å². The minimum absolute atomic E-state index is 0.345. The van der Waals surface area contributed by atoms with Crippen molar-refractivity contribution in [1.29, 1.82) is 5.26 Å². The number of amides is 2. The van der Waals surface area contributed by atoms with Gasteiger partial charge >= 0.3 is 6.03 Å². The summed E-state index contributed by atoms with van der Waals surface area (Å²) in [7, 11) is 0. The molecule has 0 aliphatic carbocycles. The van der Waals surface area contributed by atoms with Crippen LogP contribution in [0.2, 0.25) is 0 Å². The van der Waals surface area contributed by atoms with Crippen molar-refractivity contribution in [2.45, 2.75) is 0 Å². The van der Waals surface area contributed by atoms with Crippen molar-refractivity contribution >= 4 is 29.0 Å². The summed E-state index contributed by atoms with van der Waals surface area (Å²) in [6.07, 6.45) is 3.02. The van der Waals surface area contributed by atoms with Gasteiger partial charge in [0.25, 0.3) is 0 Å². The van der Waals surface area contributed by atoms with Gasteiger partial charge in [0.1, 0.15) is 17.7 Å². The molecule has 2 heterocycles. The Balaban J connectivity index is 1.58. The number of para-hydroxylation sites is 1. The molecule has 0 bridgehead atoms. The van der Waals surface area contributed by atoms with Gasteiger partial charge in [-0.25, -0.2) is 14.8 Å². The van der Waals surface area contributed by atoms with Crippen molar-refractivity contribution in [2.75, 3.05) is 16.0 Å². The zero-order chi connectivity index (χ0) is 17.5. The van der Waals surface area contributed by atoms with E-state index in [1.165, 1.54) is 12.4 Å². The number of benzene rings is 1. The molecular weight excluding hydrogens is 316 g/mol. The lowest BCUT2D eigenvalue weighted by molar-refractivity contribution is 0.262. The van der Waals surface area contributed by atoms with Gasteiger partial charge in [-0.05, 0) is 36.4 Å². The molecule has 3 rings (SSSR count). The number of pyridine rings is 2. The summed E-state index contributed by atoms with van der Waals surface area (Å²) in [6, 6.07) is 17.6. The van der Waals surface area contributed by atoms with Crippen LogP contribution in [-0.2, 0) is 0 Å². The number of urea groups is 1. The topological polar surface area (TPSA) is 103 Å². The van der Waals surface area contributed by atoms with Crippen molar-refractivity contribution in [3.63, 3.8) is 0 Å². The van der Waals surface area contributed by atoms with Crippen LogP contribution in [0.5, 0.6) is 0 Å². The van der Waals surface area contributed by atoms with E-state index in [4.69, 9.17) is 5.26 Å². The monoisotopic (exact) mass is 330 g/mol. The lowest BCUT2D eigenvalue weighted by Crippen LogP contribution is -2.19. The van der Waals surface area contributed by atoms with Gasteiger partial charge < -0.3 is 16.0 Å². The van der Waals surface area contributed by atoms with E-state index in [1.807, 2.05) is 24.3 Å². The minimum Gasteiger partial charge on any atom is -0.325 e. The second kappa shape index (κ2) is 7.57. The molecule has 2 amide bonds. The molecule has 7 nitrogen and oxygen atoms in total. The third-order valence-corrected chi connectivity index (χ3v) is 3.20. The quantitative estimate of drug-likeness (QED) is 0.676. The van der Waals surface area contributed by atoms with Gasteiger partial charge in [0.2, 0.25) is 0 Å². The number of nitrogens with one attached hydrogen (secondary N) is 3. The van der Waals surface area contributed by atoms with E-state index in [0.717, 1.165) is 0 Å².